The van der Waals surface area contributed by atoms with E-state index in [2.05, 4.69) is 10.1 Å². The lowest BCUT2D eigenvalue weighted by Crippen LogP contribution is -2.13. The third kappa shape index (κ3) is 3.74. The second kappa shape index (κ2) is 6.44. The maximum absolute atomic E-state index is 8.61. The first-order valence-corrected chi connectivity index (χ1v) is 5.96. The van der Waals surface area contributed by atoms with Gasteiger partial charge in [-0.2, -0.15) is 0 Å². The SMILES string of the molecule is NC(=NO)c1cccc(OCCCn2ccnc2)c1. The zero-order chi connectivity index (χ0) is 13.5. The van der Waals surface area contributed by atoms with Crippen LogP contribution < -0.4 is 10.5 Å². The lowest BCUT2D eigenvalue weighted by atomic mass is 10.2. The molecule has 0 saturated heterocycles. The van der Waals surface area contributed by atoms with Gasteiger partial charge in [0.2, 0.25) is 0 Å². The lowest BCUT2D eigenvalue weighted by Gasteiger charge is -2.07. The fourth-order valence-electron chi connectivity index (χ4n) is 1.66. The molecule has 0 radical (unpaired) electrons. The van der Waals surface area contributed by atoms with Crippen LogP contribution in [-0.4, -0.2) is 27.2 Å². The maximum Gasteiger partial charge on any atom is 0.170 e. The molecule has 3 N–H and O–H groups in total. The number of nitrogens with zero attached hydrogens (tertiary/aromatic N) is 3. The Hall–Kier alpha value is -2.50. The summed E-state index contributed by atoms with van der Waals surface area (Å²) in [6.45, 7) is 1.46. The number of rotatable bonds is 6. The second-order valence-corrected chi connectivity index (χ2v) is 4.02. The molecule has 0 bridgehead atoms. The van der Waals surface area contributed by atoms with Gasteiger partial charge in [0.25, 0.3) is 0 Å². The van der Waals surface area contributed by atoms with Gasteiger partial charge < -0.3 is 20.2 Å². The van der Waals surface area contributed by atoms with Crippen molar-refractivity contribution in [1.82, 2.24) is 9.55 Å². The highest BCUT2D eigenvalue weighted by atomic mass is 16.5. The molecule has 1 aromatic heterocycles. The average molecular weight is 260 g/mol. The zero-order valence-corrected chi connectivity index (χ0v) is 10.4. The first-order chi connectivity index (χ1) is 9.29. The van der Waals surface area contributed by atoms with Crippen molar-refractivity contribution < 1.29 is 9.94 Å². The standard InChI is InChI=1S/C13H16N4O2/c14-13(16-18)11-3-1-4-12(9-11)19-8-2-6-17-7-5-15-10-17/h1,3-5,7,9-10,18H,2,6,8H2,(H2,14,16). The summed E-state index contributed by atoms with van der Waals surface area (Å²) in [6, 6.07) is 7.14. The van der Waals surface area contributed by atoms with E-state index in [4.69, 9.17) is 15.7 Å². The average Bonchev–Trinajstić information content (AvgIpc) is 2.96. The van der Waals surface area contributed by atoms with Crippen LogP contribution in [0.2, 0.25) is 0 Å². The van der Waals surface area contributed by atoms with Gasteiger partial charge in [0.05, 0.1) is 12.9 Å². The van der Waals surface area contributed by atoms with Crippen molar-refractivity contribution in [2.24, 2.45) is 10.9 Å². The number of hydrogen-bond donors (Lipinski definition) is 2. The summed E-state index contributed by atoms with van der Waals surface area (Å²) < 4.78 is 7.61. The summed E-state index contributed by atoms with van der Waals surface area (Å²) in [7, 11) is 0. The number of oxime groups is 1. The van der Waals surface area contributed by atoms with E-state index in [1.807, 2.05) is 16.8 Å². The van der Waals surface area contributed by atoms with E-state index in [0.717, 1.165) is 13.0 Å². The molecule has 0 aliphatic rings. The predicted molar refractivity (Wildman–Crippen MR) is 71.3 cm³/mol. The molecule has 19 heavy (non-hydrogen) atoms. The van der Waals surface area contributed by atoms with E-state index in [1.165, 1.54) is 0 Å². The highest BCUT2D eigenvalue weighted by molar-refractivity contribution is 5.97. The zero-order valence-electron chi connectivity index (χ0n) is 10.4. The van der Waals surface area contributed by atoms with Crippen molar-refractivity contribution in [1.29, 1.82) is 0 Å². The number of hydrogen-bond acceptors (Lipinski definition) is 4. The van der Waals surface area contributed by atoms with Crippen LogP contribution >= 0.6 is 0 Å². The van der Waals surface area contributed by atoms with Crippen molar-refractivity contribution >= 4 is 5.84 Å². The molecule has 6 heteroatoms. The van der Waals surface area contributed by atoms with E-state index in [1.54, 1.807) is 30.7 Å². The highest BCUT2D eigenvalue weighted by Gasteiger charge is 2.01. The molecular formula is C13H16N4O2. The fourth-order valence-corrected chi connectivity index (χ4v) is 1.66. The van der Waals surface area contributed by atoms with Crippen LogP contribution in [0.4, 0.5) is 0 Å². The summed E-state index contributed by atoms with van der Waals surface area (Å²) in [5.41, 5.74) is 6.15. The summed E-state index contributed by atoms with van der Waals surface area (Å²) in [5.74, 6) is 0.776. The molecule has 0 aliphatic carbocycles. The largest absolute Gasteiger partial charge is 0.494 e. The molecule has 1 heterocycles. The number of aryl methyl sites for hydroxylation is 1. The van der Waals surface area contributed by atoms with Crippen molar-refractivity contribution in [3.63, 3.8) is 0 Å². The Morgan fingerprint density at radius 2 is 2.37 bits per heavy atom. The molecule has 0 amide bonds. The van der Waals surface area contributed by atoms with Crippen molar-refractivity contribution in [3.05, 3.63) is 48.5 Å². The first kappa shape index (κ1) is 12.9. The number of ether oxygens (including phenoxy) is 1. The summed E-state index contributed by atoms with van der Waals surface area (Å²) in [5, 5.41) is 11.6. The maximum atomic E-state index is 8.61. The number of nitrogens with two attached hydrogens (primary N) is 1. The van der Waals surface area contributed by atoms with E-state index in [-0.39, 0.29) is 5.84 Å². The van der Waals surface area contributed by atoms with E-state index >= 15 is 0 Å². The third-order valence-electron chi connectivity index (χ3n) is 2.63. The van der Waals surface area contributed by atoms with Crippen molar-refractivity contribution in [2.75, 3.05) is 6.61 Å². The predicted octanol–water partition coefficient (Wildman–Crippen LogP) is 1.45. The van der Waals surface area contributed by atoms with Crippen molar-refractivity contribution in [3.8, 4) is 5.75 Å². The molecule has 0 atom stereocenters. The van der Waals surface area contributed by atoms with Gasteiger partial charge in [-0.1, -0.05) is 17.3 Å². The molecule has 1 aromatic carbocycles. The molecule has 6 nitrogen and oxygen atoms in total. The molecule has 0 fully saturated rings. The Balaban J connectivity index is 1.82. The van der Waals surface area contributed by atoms with Crippen LogP contribution in [-0.2, 0) is 6.54 Å². The quantitative estimate of drug-likeness (QED) is 0.270. The number of imidazole rings is 1. The molecule has 0 aliphatic heterocycles. The minimum Gasteiger partial charge on any atom is -0.494 e. The highest BCUT2D eigenvalue weighted by Crippen LogP contribution is 2.13. The molecule has 100 valence electrons. The third-order valence-corrected chi connectivity index (χ3v) is 2.63. The topological polar surface area (TPSA) is 85.7 Å². The Morgan fingerprint density at radius 3 is 3.11 bits per heavy atom. The van der Waals surface area contributed by atoms with Gasteiger partial charge >= 0.3 is 0 Å². The van der Waals surface area contributed by atoms with Crippen molar-refractivity contribution in [2.45, 2.75) is 13.0 Å². The van der Waals surface area contributed by atoms with Crippen LogP contribution in [0.25, 0.3) is 0 Å². The summed E-state index contributed by atoms with van der Waals surface area (Å²) in [6.07, 6.45) is 6.32. The van der Waals surface area contributed by atoms with Crippen LogP contribution in [0.3, 0.4) is 0 Å². The number of benzene rings is 1. The Bertz CT molecular complexity index is 537. The number of aromatic nitrogens is 2. The Labute approximate surface area is 111 Å². The van der Waals surface area contributed by atoms with E-state index in [0.29, 0.717) is 17.9 Å². The summed E-state index contributed by atoms with van der Waals surface area (Å²) >= 11 is 0. The Kier molecular flexibility index (Phi) is 4.39. The normalized spacial score (nSPS) is 11.5. The smallest absolute Gasteiger partial charge is 0.170 e. The minimum absolute atomic E-state index is 0.0730. The fraction of sp³-hybridized carbons (Fsp3) is 0.231. The molecule has 0 saturated carbocycles. The van der Waals surface area contributed by atoms with Gasteiger partial charge in [-0.05, 0) is 18.6 Å². The van der Waals surface area contributed by atoms with E-state index in [9.17, 15) is 0 Å². The van der Waals surface area contributed by atoms with Crippen LogP contribution in [0, 0.1) is 0 Å². The summed E-state index contributed by atoms with van der Waals surface area (Å²) in [4.78, 5) is 3.97. The van der Waals surface area contributed by atoms with Gasteiger partial charge in [0, 0.05) is 24.5 Å². The first-order valence-electron chi connectivity index (χ1n) is 5.96. The van der Waals surface area contributed by atoms with Crippen LogP contribution in [0.5, 0.6) is 5.75 Å². The van der Waals surface area contributed by atoms with Gasteiger partial charge in [-0.3, -0.25) is 0 Å². The van der Waals surface area contributed by atoms with Gasteiger partial charge in [0.1, 0.15) is 5.75 Å². The van der Waals surface area contributed by atoms with Gasteiger partial charge in [0.15, 0.2) is 5.84 Å². The molecule has 0 spiro atoms. The van der Waals surface area contributed by atoms with E-state index < -0.39 is 0 Å². The van der Waals surface area contributed by atoms with Crippen LogP contribution in [0.1, 0.15) is 12.0 Å². The van der Waals surface area contributed by atoms with Gasteiger partial charge in [-0.25, -0.2) is 4.98 Å². The van der Waals surface area contributed by atoms with Gasteiger partial charge in [-0.15, -0.1) is 0 Å². The second-order valence-electron chi connectivity index (χ2n) is 4.02. The minimum atomic E-state index is 0.0730. The number of amidine groups is 1. The molecule has 2 rings (SSSR count). The molecule has 0 unspecified atom stereocenters. The Morgan fingerprint density at radius 1 is 1.47 bits per heavy atom. The lowest BCUT2D eigenvalue weighted by molar-refractivity contribution is 0.301. The molecular weight excluding hydrogens is 244 g/mol. The monoisotopic (exact) mass is 260 g/mol. The molecule has 2 aromatic rings. The van der Waals surface area contributed by atoms with Crippen LogP contribution in [0.15, 0.2) is 48.1 Å².